The zero-order valence-electron chi connectivity index (χ0n) is 12.3. The molecule has 0 amide bonds. The van der Waals surface area contributed by atoms with Crippen LogP contribution in [-0.4, -0.2) is 15.7 Å². The van der Waals surface area contributed by atoms with E-state index >= 15 is 0 Å². The van der Waals surface area contributed by atoms with Gasteiger partial charge < -0.3 is 0 Å². The number of benzene rings is 1. The maximum atomic E-state index is 8.69. The normalized spacial score (nSPS) is 9.58. The fraction of sp³-hybridized carbons (Fsp3) is 0. The van der Waals surface area contributed by atoms with Crippen molar-refractivity contribution in [1.82, 2.24) is 9.97 Å². The highest BCUT2D eigenvalue weighted by Gasteiger charge is 2.07. The highest BCUT2D eigenvalue weighted by molar-refractivity contribution is 7.13. The number of aromatic nitrogens is 2. The fourth-order valence-corrected chi connectivity index (χ4v) is 2.79. The molecule has 0 atom stereocenters. The molecule has 2 aromatic heterocycles. The van der Waals surface area contributed by atoms with Crippen LogP contribution in [-0.2, 0) is 0 Å². The van der Waals surface area contributed by atoms with E-state index in [4.69, 9.17) is 10.5 Å². The third kappa shape index (κ3) is 3.43. The molecule has 1 N–H and O–H groups in total. The second kappa shape index (κ2) is 7.14. The number of hydrogen-bond acceptors (Lipinski definition) is 7. The molecule has 7 heteroatoms. The second-order valence-electron chi connectivity index (χ2n) is 4.66. The van der Waals surface area contributed by atoms with Gasteiger partial charge in [-0.3, -0.25) is 10.4 Å². The summed E-state index contributed by atoms with van der Waals surface area (Å²) in [5, 5.41) is 24.0. The molecule has 0 radical (unpaired) electrons. The minimum atomic E-state index is -0.229. The monoisotopic (exact) mass is 330 g/mol. The Morgan fingerprint density at radius 1 is 1.12 bits per heavy atom. The Kier molecular flexibility index (Phi) is 4.57. The van der Waals surface area contributed by atoms with Crippen molar-refractivity contribution in [3.63, 3.8) is 0 Å². The summed E-state index contributed by atoms with van der Waals surface area (Å²) in [5.74, 6) is 0. The van der Waals surface area contributed by atoms with Crippen molar-refractivity contribution in [1.29, 1.82) is 10.5 Å². The zero-order valence-corrected chi connectivity index (χ0v) is 13.2. The summed E-state index contributed by atoms with van der Waals surface area (Å²) in [6.07, 6.45) is 3.50. The van der Waals surface area contributed by atoms with Gasteiger partial charge in [-0.15, -0.1) is 11.3 Å². The van der Waals surface area contributed by atoms with Gasteiger partial charge in [0.1, 0.15) is 17.1 Å². The van der Waals surface area contributed by atoms with Gasteiger partial charge in [0.15, 0.2) is 0 Å². The number of hydrogen-bond donors (Lipinski definition) is 1. The number of thiazole rings is 1. The van der Waals surface area contributed by atoms with Gasteiger partial charge in [0.2, 0.25) is 5.71 Å². The van der Waals surface area contributed by atoms with E-state index < -0.39 is 0 Å². The number of anilines is 1. The number of nitrogens with one attached hydrogen (secondary N) is 1. The van der Waals surface area contributed by atoms with E-state index in [1.807, 2.05) is 35.7 Å². The molecule has 0 saturated heterocycles. The van der Waals surface area contributed by atoms with Crippen molar-refractivity contribution in [2.75, 3.05) is 5.43 Å². The smallest absolute Gasteiger partial charge is 0.237 e. The molecule has 114 valence electrons. The molecule has 6 nitrogen and oxygen atoms in total. The molecule has 0 bridgehead atoms. The van der Waals surface area contributed by atoms with Crippen molar-refractivity contribution in [3.8, 4) is 34.0 Å². The maximum Gasteiger partial charge on any atom is 0.237 e. The van der Waals surface area contributed by atoms with Crippen LogP contribution in [0.5, 0.6) is 0 Å². The molecular weight excluding hydrogens is 320 g/mol. The lowest BCUT2D eigenvalue weighted by molar-refractivity contribution is 1.31. The van der Waals surface area contributed by atoms with Gasteiger partial charge in [0, 0.05) is 28.9 Å². The second-order valence-corrected chi connectivity index (χ2v) is 5.51. The molecule has 3 rings (SSSR count). The van der Waals surface area contributed by atoms with Crippen molar-refractivity contribution >= 4 is 22.7 Å². The Balaban J connectivity index is 1.85. The van der Waals surface area contributed by atoms with Crippen molar-refractivity contribution < 1.29 is 0 Å². The highest BCUT2D eigenvalue weighted by atomic mass is 32.1. The molecule has 0 unspecified atom stereocenters. The summed E-state index contributed by atoms with van der Waals surface area (Å²) in [6.45, 7) is 0. The van der Waals surface area contributed by atoms with Crippen LogP contribution in [0.3, 0.4) is 0 Å². The molecule has 0 spiro atoms. The average molecular weight is 330 g/mol. The summed E-state index contributed by atoms with van der Waals surface area (Å²) in [6, 6.07) is 14.7. The first kappa shape index (κ1) is 15.3. The SMILES string of the molecule is N#CC(C#N)=NNc1cccc(-c2csc(-c3cccnc3)n2)c1. The van der Waals surface area contributed by atoms with Gasteiger partial charge in [-0.2, -0.15) is 15.6 Å². The van der Waals surface area contributed by atoms with Crippen LogP contribution < -0.4 is 5.43 Å². The largest absolute Gasteiger partial charge is 0.276 e. The van der Waals surface area contributed by atoms with Gasteiger partial charge in [0.25, 0.3) is 0 Å². The van der Waals surface area contributed by atoms with E-state index in [-0.39, 0.29) is 5.71 Å². The third-order valence-electron chi connectivity index (χ3n) is 3.08. The highest BCUT2D eigenvalue weighted by Crippen LogP contribution is 2.29. The third-order valence-corrected chi connectivity index (χ3v) is 3.97. The van der Waals surface area contributed by atoms with Gasteiger partial charge >= 0.3 is 0 Å². The molecule has 24 heavy (non-hydrogen) atoms. The van der Waals surface area contributed by atoms with E-state index in [1.54, 1.807) is 41.9 Å². The van der Waals surface area contributed by atoms with E-state index in [0.29, 0.717) is 5.69 Å². The van der Waals surface area contributed by atoms with Crippen LogP contribution in [0.15, 0.2) is 59.3 Å². The van der Waals surface area contributed by atoms with Crippen LogP contribution in [0, 0.1) is 22.7 Å². The number of pyridine rings is 1. The molecular formula is C17H10N6S. The van der Waals surface area contributed by atoms with Gasteiger partial charge in [-0.05, 0) is 24.3 Å². The molecule has 0 aliphatic rings. The van der Waals surface area contributed by atoms with E-state index in [9.17, 15) is 0 Å². The number of hydrazone groups is 1. The Morgan fingerprint density at radius 2 is 1.96 bits per heavy atom. The van der Waals surface area contributed by atoms with E-state index in [1.165, 1.54) is 0 Å². The fourth-order valence-electron chi connectivity index (χ4n) is 1.97. The van der Waals surface area contributed by atoms with Crippen LogP contribution in [0.25, 0.3) is 21.8 Å². The van der Waals surface area contributed by atoms with Crippen molar-refractivity contribution in [3.05, 3.63) is 54.2 Å². The Labute approximate surface area is 142 Å². The molecule has 0 fully saturated rings. The summed E-state index contributed by atoms with van der Waals surface area (Å²) >= 11 is 1.54. The molecule has 3 aromatic rings. The first-order chi connectivity index (χ1) is 11.8. The number of rotatable bonds is 4. The summed E-state index contributed by atoms with van der Waals surface area (Å²) in [5.41, 5.74) is 5.87. The van der Waals surface area contributed by atoms with E-state index in [2.05, 4.69) is 20.5 Å². The predicted molar refractivity (Wildman–Crippen MR) is 93.1 cm³/mol. The van der Waals surface area contributed by atoms with Gasteiger partial charge in [-0.25, -0.2) is 4.98 Å². The van der Waals surface area contributed by atoms with Gasteiger partial charge in [-0.1, -0.05) is 12.1 Å². The Bertz CT molecular complexity index is 946. The predicted octanol–water partition coefficient (Wildman–Crippen LogP) is 3.69. The molecule has 0 saturated carbocycles. The zero-order chi connectivity index (χ0) is 16.8. The minimum absolute atomic E-state index is 0.229. The number of nitriles is 2. The van der Waals surface area contributed by atoms with Crippen LogP contribution >= 0.6 is 11.3 Å². The lowest BCUT2D eigenvalue weighted by Crippen LogP contribution is -1.96. The first-order valence-electron chi connectivity index (χ1n) is 6.90. The topological polar surface area (TPSA) is 97.8 Å². The van der Waals surface area contributed by atoms with Crippen LogP contribution in [0.2, 0.25) is 0 Å². The maximum absolute atomic E-state index is 8.69. The summed E-state index contributed by atoms with van der Waals surface area (Å²) in [4.78, 5) is 8.73. The number of nitrogens with zero attached hydrogens (tertiary/aromatic N) is 5. The quantitative estimate of drug-likeness (QED) is 0.581. The summed E-state index contributed by atoms with van der Waals surface area (Å²) in [7, 11) is 0. The lowest BCUT2D eigenvalue weighted by Gasteiger charge is -2.02. The molecule has 0 aliphatic heterocycles. The van der Waals surface area contributed by atoms with Crippen LogP contribution in [0.1, 0.15) is 0 Å². The van der Waals surface area contributed by atoms with E-state index in [0.717, 1.165) is 21.8 Å². The van der Waals surface area contributed by atoms with Crippen LogP contribution in [0.4, 0.5) is 5.69 Å². The van der Waals surface area contributed by atoms with Gasteiger partial charge in [0.05, 0.1) is 11.4 Å². The Hall–Kier alpha value is -3.55. The Morgan fingerprint density at radius 3 is 2.71 bits per heavy atom. The summed E-state index contributed by atoms with van der Waals surface area (Å²) < 4.78 is 0. The van der Waals surface area contributed by atoms with Crippen molar-refractivity contribution in [2.45, 2.75) is 0 Å². The van der Waals surface area contributed by atoms with Crippen molar-refractivity contribution in [2.24, 2.45) is 5.10 Å². The first-order valence-corrected chi connectivity index (χ1v) is 7.78. The minimum Gasteiger partial charge on any atom is -0.276 e. The lowest BCUT2D eigenvalue weighted by atomic mass is 10.1. The molecule has 2 heterocycles. The average Bonchev–Trinajstić information content (AvgIpc) is 3.14. The molecule has 0 aliphatic carbocycles. The molecule has 1 aromatic carbocycles. The standard InChI is InChI=1S/C17H10N6S/c18-8-15(9-19)23-22-14-5-1-3-12(7-14)16-11-24-17(21-16)13-4-2-6-20-10-13/h1-7,10-11,22H.